The van der Waals surface area contributed by atoms with Crippen molar-refractivity contribution >= 4 is 5.91 Å². The molecule has 144 valence electrons. The Hall–Kier alpha value is -2.97. The van der Waals surface area contributed by atoms with Crippen LogP contribution in [0.4, 0.5) is 0 Å². The number of carbonyl (C=O) groups excluding carboxylic acids is 1. The molecule has 3 aromatic heterocycles. The summed E-state index contributed by atoms with van der Waals surface area (Å²) in [5.74, 6) is 2.95. The van der Waals surface area contributed by atoms with Crippen LogP contribution in [0, 0.1) is 0 Å². The average Bonchev–Trinajstić information content (AvgIpc) is 3.39. The molecule has 0 bridgehead atoms. The van der Waals surface area contributed by atoms with Gasteiger partial charge in [-0.05, 0) is 18.6 Å². The number of aromatic nitrogens is 4. The van der Waals surface area contributed by atoms with Crippen LogP contribution < -0.4 is 0 Å². The quantitative estimate of drug-likeness (QED) is 0.563. The minimum atomic E-state index is 0.0494. The van der Waals surface area contributed by atoms with Crippen LogP contribution in [0.25, 0.3) is 11.6 Å². The number of amides is 1. The highest BCUT2D eigenvalue weighted by molar-refractivity contribution is 5.75. The van der Waals surface area contributed by atoms with Gasteiger partial charge in [-0.25, -0.2) is 0 Å². The lowest BCUT2D eigenvalue weighted by molar-refractivity contribution is -0.130. The molecule has 3 rings (SSSR count). The SMILES string of the molecule is CC(C)c1nc(CCN(C)C(=O)CCCc2nc(-c3ccco3)no2)no1. The molecule has 0 spiro atoms. The van der Waals surface area contributed by atoms with E-state index in [2.05, 4.69) is 20.3 Å². The fourth-order valence-corrected chi connectivity index (χ4v) is 2.44. The van der Waals surface area contributed by atoms with Gasteiger partial charge in [0.25, 0.3) is 0 Å². The highest BCUT2D eigenvalue weighted by Crippen LogP contribution is 2.16. The summed E-state index contributed by atoms with van der Waals surface area (Å²) in [5.41, 5.74) is 0. The van der Waals surface area contributed by atoms with Gasteiger partial charge in [0.05, 0.1) is 6.26 Å². The Balaban J connectivity index is 1.39. The first-order valence-corrected chi connectivity index (χ1v) is 8.96. The van der Waals surface area contributed by atoms with Gasteiger partial charge in [0.15, 0.2) is 11.6 Å². The van der Waals surface area contributed by atoms with E-state index >= 15 is 0 Å². The summed E-state index contributed by atoms with van der Waals surface area (Å²) in [6.07, 6.45) is 3.68. The van der Waals surface area contributed by atoms with Crippen LogP contribution in [0.5, 0.6) is 0 Å². The molecular weight excluding hydrogens is 350 g/mol. The largest absolute Gasteiger partial charge is 0.461 e. The molecule has 0 aliphatic carbocycles. The molecule has 0 aliphatic heterocycles. The van der Waals surface area contributed by atoms with Crippen molar-refractivity contribution < 1.29 is 18.3 Å². The van der Waals surface area contributed by atoms with Crippen LogP contribution in [0.3, 0.4) is 0 Å². The lowest BCUT2D eigenvalue weighted by Crippen LogP contribution is -2.28. The molecule has 0 aromatic carbocycles. The van der Waals surface area contributed by atoms with Crippen LogP contribution in [-0.4, -0.2) is 44.7 Å². The Morgan fingerprint density at radius 2 is 2.04 bits per heavy atom. The van der Waals surface area contributed by atoms with E-state index in [4.69, 9.17) is 13.5 Å². The second-order valence-corrected chi connectivity index (χ2v) is 6.61. The van der Waals surface area contributed by atoms with Crippen molar-refractivity contribution in [2.75, 3.05) is 13.6 Å². The van der Waals surface area contributed by atoms with Gasteiger partial charge in [0, 0.05) is 38.8 Å². The lowest BCUT2D eigenvalue weighted by Gasteiger charge is -2.15. The summed E-state index contributed by atoms with van der Waals surface area (Å²) in [6, 6.07) is 3.53. The van der Waals surface area contributed by atoms with E-state index in [0.29, 0.717) is 61.4 Å². The maximum absolute atomic E-state index is 12.2. The zero-order valence-electron chi connectivity index (χ0n) is 15.7. The van der Waals surface area contributed by atoms with E-state index in [9.17, 15) is 4.79 Å². The minimum absolute atomic E-state index is 0.0494. The maximum atomic E-state index is 12.2. The Kier molecular flexibility index (Phi) is 6.00. The van der Waals surface area contributed by atoms with Crippen molar-refractivity contribution in [1.82, 2.24) is 25.2 Å². The number of furan rings is 1. The van der Waals surface area contributed by atoms with Gasteiger partial charge in [-0.2, -0.15) is 9.97 Å². The van der Waals surface area contributed by atoms with E-state index in [1.165, 1.54) is 0 Å². The Bertz CT molecular complexity index is 853. The van der Waals surface area contributed by atoms with Gasteiger partial charge in [-0.15, -0.1) is 0 Å². The van der Waals surface area contributed by atoms with E-state index in [1.807, 2.05) is 13.8 Å². The number of likely N-dealkylation sites (N-methyl/N-ethyl adjacent to an activating group) is 1. The highest BCUT2D eigenvalue weighted by atomic mass is 16.5. The van der Waals surface area contributed by atoms with Crippen molar-refractivity contribution in [3.63, 3.8) is 0 Å². The third-order valence-electron chi connectivity index (χ3n) is 4.07. The third-order valence-corrected chi connectivity index (χ3v) is 4.07. The van der Waals surface area contributed by atoms with Gasteiger partial charge in [0.1, 0.15) is 0 Å². The molecule has 9 nitrogen and oxygen atoms in total. The first kappa shape index (κ1) is 18.8. The van der Waals surface area contributed by atoms with Crippen molar-refractivity contribution in [3.05, 3.63) is 36.0 Å². The fourth-order valence-electron chi connectivity index (χ4n) is 2.44. The molecular formula is C18H23N5O4. The van der Waals surface area contributed by atoms with Crippen LogP contribution in [0.2, 0.25) is 0 Å². The third kappa shape index (κ3) is 5.02. The zero-order chi connectivity index (χ0) is 19.2. The molecule has 3 aromatic rings. The minimum Gasteiger partial charge on any atom is -0.461 e. The molecule has 3 heterocycles. The fraction of sp³-hybridized carbons (Fsp3) is 0.500. The molecule has 1 amide bonds. The summed E-state index contributed by atoms with van der Waals surface area (Å²) >= 11 is 0. The number of rotatable bonds is 9. The molecule has 0 radical (unpaired) electrons. The normalized spacial score (nSPS) is 11.3. The summed E-state index contributed by atoms with van der Waals surface area (Å²) < 4.78 is 15.6. The van der Waals surface area contributed by atoms with Crippen molar-refractivity contribution in [2.24, 2.45) is 0 Å². The van der Waals surface area contributed by atoms with E-state index in [1.54, 1.807) is 30.3 Å². The Labute approximate surface area is 156 Å². The predicted molar refractivity (Wildman–Crippen MR) is 94.7 cm³/mol. The molecule has 0 saturated heterocycles. The first-order valence-electron chi connectivity index (χ1n) is 8.96. The average molecular weight is 373 g/mol. The van der Waals surface area contributed by atoms with Crippen LogP contribution in [0.1, 0.15) is 50.2 Å². The number of carbonyl (C=O) groups is 1. The number of aryl methyl sites for hydroxylation is 1. The number of nitrogens with zero attached hydrogens (tertiary/aromatic N) is 5. The van der Waals surface area contributed by atoms with E-state index < -0.39 is 0 Å². The molecule has 0 N–H and O–H groups in total. The molecule has 0 atom stereocenters. The maximum Gasteiger partial charge on any atom is 0.238 e. The summed E-state index contributed by atoms with van der Waals surface area (Å²) in [5, 5.41) is 7.81. The summed E-state index contributed by atoms with van der Waals surface area (Å²) in [4.78, 5) is 22.5. The van der Waals surface area contributed by atoms with Crippen molar-refractivity contribution in [3.8, 4) is 11.6 Å². The Morgan fingerprint density at radius 1 is 1.19 bits per heavy atom. The lowest BCUT2D eigenvalue weighted by atomic mass is 10.2. The molecule has 0 fully saturated rings. The van der Waals surface area contributed by atoms with Gasteiger partial charge in [-0.3, -0.25) is 4.79 Å². The molecule has 0 saturated carbocycles. The predicted octanol–water partition coefficient (Wildman–Crippen LogP) is 2.86. The van der Waals surface area contributed by atoms with Gasteiger partial charge in [0.2, 0.25) is 23.5 Å². The molecule has 0 unspecified atom stereocenters. The summed E-state index contributed by atoms with van der Waals surface area (Å²) in [6.45, 7) is 4.53. The smallest absolute Gasteiger partial charge is 0.238 e. The monoisotopic (exact) mass is 373 g/mol. The number of hydrogen-bond donors (Lipinski definition) is 0. The van der Waals surface area contributed by atoms with Crippen LogP contribution in [0.15, 0.2) is 31.9 Å². The summed E-state index contributed by atoms with van der Waals surface area (Å²) in [7, 11) is 1.77. The van der Waals surface area contributed by atoms with Crippen LogP contribution in [-0.2, 0) is 17.6 Å². The van der Waals surface area contributed by atoms with E-state index in [0.717, 1.165) is 0 Å². The Morgan fingerprint density at radius 3 is 2.74 bits per heavy atom. The number of hydrogen-bond acceptors (Lipinski definition) is 8. The van der Waals surface area contributed by atoms with E-state index in [-0.39, 0.29) is 11.8 Å². The first-order chi connectivity index (χ1) is 13.0. The molecule has 0 aliphatic rings. The van der Waals surface area contributed by atoms with Crippen molar-refractivity contribution in [1.29, 1.82) is 0 Å². The molecule has 9 heteroatoms. The van der Waals surface area contributed by atoms with Gasteiger partial charge >= 0.3 is 0 Å². The molecule has 27 heavy (non-hydrogen) atoms. The highest BCUT2D eigenvalue weighted by Gasteiger charge is 2.14. The van der Waals surface area contributed by atoms with Crippen LogP contribution >= 0.6 is 0 Å². The second kappa shape index (κ2) is 8.61. The van der Waals surface area contributed by atoms with Gasteiger partial charge in [-0.1, -0.05) is 24.2 Å². The van der Waals surface area contributed by atoms with Gasteiger partial charge < -0.3 is 18.4 Å². The topological polar surface area (TPSA) is 111 Å². The standard InChI is InChI=1S/C18H23N5O4/c1-12(2)18-19-14(21-27-18)9-10-23(3)16(24)8-4-7-15-20-17(22-26-15)13-6-5-11-25-13/h5-6,11-12H,4,7-10H2,1-3H3. The van der Waals surface area contributed by atoms with Crippen molar-refractivity contribution in [2.45, 2.75) is 45.4 Å². The second-order valence-electron chi connectivity index (χ2n) is 6.61. The zero-order valence-corrected chi connectivity index (χ0v) is 15.7.